The van der Waals surface area contributed by atoms with Crippen LogP contribution in [0.4, 0.5) is 13.6 Å². The number of amides is 4. The summed E-state index contributed by atoms with van der Waals surface area (Å²) in [5.41, 5.74) is -1.19. The van der Waals surface area contributed by atoms with Crippen LogP contribution in [0.5, 0.6) is 5.75 Å². The van der Waals surface area contributed by atoms with Gasteiger partial charge in [0.15, 0.2) is 28.5 Å². The topological polar surface area (TPSA) is 114 Å². The minimum absolute atomic E-state index is 0.0533. The largest absolute Gasteiger partial charge is 0.491 e. The summed E-state index contributed by atoms with van der Waals surface area (Å²) in [5.74, 6) is -4.19. The van der Waals surface area contributed by atoms with Crippen molar-refractivity contribution in [3.63, 3.8) is 0 Å². The normalized spacial score (nSPS) is 20.2. The number of urea groups is 1. The zero-order chi connectivity index (χ0) is 21.9. The van der Waals surface area contributed by atoms with Crippen LogP contribution >= 0.6 is 0 Å². The first kappa shape index (κ1) is 19.0. The SMILES string of the molecule is COc1c(F)cc2c(c1F)C(=O)N(CC1(c3cc4ncccc4o3)NC(=O)NC1=O)C2. The summed E-state index contributed by atoms with van der Waals surface area (Å²) in [6.07, 6.45) is 1.53. The molecule has 9 nitrogen and oxygen atoms in total. The highest BCUT2D eigenvalue weighted by molar-refractivity contribution is 6.08. The highest BCUT2D eigenvalue weighted by Crippen LogP contribution is 2.37. The molecule has 1 aromatic carbocycles. The van der Waals surface area contributed by atoms with Crippen molar-refractivity contribution >= 4 is 28.9 Å². The second kappa shape index (κ2) is 6.49. The third kappa shape index (κ3) is 2.66. The van der Waals surface area contributed by atoms with E-state index in [1.807, 2.05) is 0 Å². The molecule has 0 radical (unpaired) electrons. The standard InChI is InChI=1S/C20H14F2N4O5/c1-30-16-10(21)5-9-7-26(17(27)14(9)15(16)22)8-20(18(28)24-19(29)25-20)13-6-11-12(31-13)3-2-4-23-11/h2-6H,7-8H2,1H3,(H2,24,25,28,29). The Hall–Kier alpha value is -4.02. The van der Waals surface area contributed by atoms with E-state index in [1.54, 1.807) is 12.1 Å². The van der Waals surface area contributed by atoms with Crippen LogP contribution < -0.4 is 15.4 Å². The van der Waals surface area contributed by atoms with E-state index in [9.17, 15) is 23.2 Å². The molecule has 4 heterocycles. The zero-order valence-electron chi connectivity index (χ0n) is 16.0. The van der Waals surface area contributed by atoms with Crippen molar-refractivity contribution in [2.24, 2.45) is 0 Å². The van der Waals surface area contributed by atoms with Gasteiger partial charge in [-0.2, -0.15) is 0 Å². The van der Waals surface area contributed by atoms with E-state index in [1.165, 1.54) is 12.3 Å². The molecule has 1 unspecified atom stereocenters. The maximum atomic E-state index is 14.7. The highest BCUT2D eigenvalue weighted by atomic mass is 19.1. The average Bonchev–Trinajstić information content (AvgIpc) is 3.37. The zero-order valence-corrected chi connectivity index (χ0v) is 16.0. The van der Waals surface area contributed by atoms with Crippen molar-refractivity contribution in [2.45, 2.75) is 12.1 Å². The third-order valence-corrected chi connectivity index (χ3v) is 5.40. The minimum atomic E-state index is -1.77. The number of hydrogen-bond acceptors (Lipinski definition) is 6. The van der Waals surface area contributed by atoms with Crippen molar-refractivity contribution in [2.75, 3.05) is 13.7 Å². The van der Waals surface area contributed by atoms with Gasteiger partial charge >= 0.3 is 6.03 Å². The number of nitrogens with zero attached hydrogens (tertiary/aromatic N) is 2. The summed E-state index contributed by atoms with van der Waals surface area (Å²) in [5, 5.41) is 4.65. The van der Waals surface area contributed by atoms with Gasteiger partial charge in [-0.15, -0.1) is 0 Å². The van der Waals surface area contributed by atoms with Crippen LogP contribution in [0.25, 0.3) is 11.1 Å². The van der Waals surface area contributed by atoms with Crippen LogP contribution in [-0.2, 0) is 16.9 Å². The number of methoxy groups -OCH3 is 1. The highest BCUT2D eigenvalue weighted by Gasteiger charge is 2.53. The Balaban J connectivity index is 1.57. The fourth-order valence-corrected chi connectivity index (χ4v) is 3.98. The molecule has 0 spiro atoms. The molecule has 1 saturated heterocycles. The van der Waals surface area contributed by atoms with Crippen LogP contribution in [0.15, 0.2) is 34.9 Å². The maximum absolute atomic E-state index is 14.7. The van der Waals surface area contributed by atoms with Crippen LogP contribution in [0, 0.1) is 11.6 Å². The lowest BCUT2D eigenvalue weighted by molar-refractivity contribution is -0.125. The van der Waals surface area contributed by atoms with Gasteiger partial charge in [-0.25, -0.2) is 13.6 Å². The number of aromatic nitrogens is 1. The van der Waals surface area contributed by atoms with E-state index < -0.39 is 40.8 Å². The van der Waals surface area contributed by atoms with Crippen molar-refractivity contribution in [1.82, 2.24) is 20.5 Å². The summed E-state index contributed by atoms with van der Waals surface area (Å²) in [6, 6.07) is 5.00. The molecule has 2 aliphatic heterocycles. The maximum Gasteiger partial charge on any atom is 0.322 e. The molecule has 158 valence electrons. The molecule has 3 aromatic rings. The first-order valence-electron chi connectivity index (χ1n) is 9.17. The van der Waals surface area contributed by atoms with Gasteiger partial charge in [0.05, 0.1) is 19.2 Å². The van der Waals surface area contributed by atoms with E-state index in [0.717, 1.165) is 18.1 Å². The summed E-state index contributed by atoms with van der Waals surface area (Å²) < 4.78 is 39.2. The first-order valence-corrected chi connectivity index (χ1v) is 9.17. The van der Waals surface area contributed by atoms with E-state index >= 15 is 0 Å². The Kier molecular flexibility index (Phi) is 3.97. The lowest BCUT2D eigenvalue weighted by Gasteiger charge is -2.28. The number of imide groups is 1. The molecule has 2 N–H and O–H groups in total. The van der Waals surface area contributed by atoms with Crippen molar-refractivity contribution in [1.29, 1.82) is 0 Å². The van der Waals surface area contributed by atoms with E-state index in [-0.39, 0.29) is 30.0 Å². The predicted octanol–water partition coefficient (Wildman–Crippen LogP) is 1.81. The number of pyridine rings is 1. The Morgan fingerprint density at radius 1 is 1.29 bits per heavy atom. The van der Waals surface area contributed by atoms with Gasteiger partial charge in [0.25, 0.3) is 11.8 Å². The summed E-state index contributed by atoms with van der Waals surface area (Å²) in [6.45, 7) is -0.545. The van der Waals surface area contributed by atoms with Crippen molar-refractivity contribution in [3.05, 3.63) is 59.0 Å². The van der Waals surface area contributed by atoms with Gasteiger partial charge in [0, 0.05) is 18.8 Å². The molecular formula is C20H14F2N4O5. The Morgan fingerprint density at radius 3 is 2.77 bits per heavy atom. The van der Waals surface area contributed by atoms with Gasteiger partial charge in [0.2, 0.25) is 0 Å². The minimum Gasteiger partial charge on any atom is -0.491 e. The summed E-state index contributed by atoms with van der Waals surface area (Å²) >= 11 is 0. The van der Waals surface area contributed by atoms with Crippen LogP contribution in [0.2, 0.25) is 0 Å². The number of nitrogens with one attached hydrogen (secondary N) is 2. The van der Waals surface area contributed by atoms with E-state index in [2.05, 4.69) is 15.6 Å². The summed E-state index contributed by atoms with van der Waals surface area (Å²) in [4.78, 5) is 43.0. The molecule has 0 bridgehead atoms. The average molecular weight is 428 g/mol. The van der Waals surface area contributed by atoms with Gasteiger partial charge in [-0.3, -0.25) is 19.9 Å². The third-order valence-electron chi connectivity index (χ3n) is 5.40. The molecule has 0 saturated carbocycles. The Bertz CT molecular complexity index is 1260. The number of ether oxygens (including phenoxy) is 1. The van der Waals surface area contributed by atoms with E-state index in [0.29, 0.717) is 11.1 Å². The number of halogens is 2. The molecule has 5 rings (SSSR count). The quantitative estimate of drug-likeness (QED) is 0.613. The first-order chi connectivity index (χ1) is 14.8. The number of rotatable bonds is 4. The molecule has 1 fully saturated rings. The van der Waals surface area contributed by atoms with Crippen LogP contribution in [0.3, 0.4) is 0 Å². The fourth-order valence-electron chi connectivity index (χ4n) is 3.98. The van der Waals surface area contributed by atoms with Gasteiger partial charge < -0.3 is 19.4 Å². The fraction of sp³-hybridized carbons (Fsp3) is 0.200. The van der Waals surface area contributed by atoms with Crippen LogP contribution in [0.1, 0.15) is 21.7 Å². The number of carbonyl (C=O) groups is 3. The Labute approximate surface area is 173 Å². The van der Waals surface area contributed by atoms with Gasteiger partial charge in [-0.1, -0.05) is 0 Å². The number of benzene rings is 1. The molecule has 2 aliphatic rings. The molecule has 31 heavy (non-hydrogen) atoms. The lowest BCUT2D eigenvalue weighted by atomic mass is 9.95. The summed E-state index contributed by atoms with van der Waals surface area (Å²) in [7, 11) is 1.09. The molecule has 4 amide bonds. The van der Waals surface area contributed by atoms with E-state index in [4.69, 9.17) is 9.15 Å². The number of furan rings is 1. The van der Waals surface area contributed by atoms with Gasteiger partial charge in [0.1, 0.15) is 11.3 Å². The number of hydrogen-bond donors (Lipinski definition) is 2. The lowest BCUT2D eigenvalue weighted by Crippen LogP contribution is -2.52. The van der Waals surface area contributed by atoms with Crippen molar-refractivity contribution in [3.8, 4) is 5.75 Å². The van der Waals surface area contributed by atoms with Gasteiger partial charge in [-0.05, 0) is 23.8 Å². The smallest absolute Gasteiger partial charge is 0.322 e. The van der Waals surface area contributed by atoms with Crippen LogP contribution in [-0.4, -0.2) is 41.4 Å². The molecule has 0 aliphatic carbocycles. The predicted molar refractivity (Wildman–Crippen MR) is 100 cm³/mol. The second-order valence-electron chi connectivity index (χ2n) is 7.21. The monoisotopic (exact) mass is 428 g/mol. The molecular weight excluding hydrogens is 414 g/mol. The van der Waals surface area contributed by atoms with Crippen molar-refractivity contribution < 1.29 is 32.3 Å². The molecule has 11 heteroatoms. The molecule has 1 atom stereocenters. The Morgan fingerprint density at radius 2 is 2.10 bits per heavy atom. The number of fused-ring (bicyclic) bond motifs is 2. The molecule has 2 aromatic heterocycles. The second-order valence-corrected chi connectivity index (χ2v) is 7.21. The number of carbonyl (C=O) groups excluding carboxylic acids is 3.